The van der Waals surface area contributed by atoms with Crippen LogP contribution in [-0.2, 0) is 19.9 Å². The van der Waals surface area contributed by atoms with Crippen LogP contribution in [0.1, 0.15) is 22.5 Å². The van der Waals surface area contributed by atoms with Crippen LogP contribution in [0.3, 0.4) is 0 Å². The van der Waals surface area contributed by atoms with Crippen molar-refractivity contribution in [2.75, 3.05) is 0 Å². The van der Waals surface area contributed by atoms with Crippen molar-refractivity contribution in [1.29, 1.82) is 0 Å². The molecule has 6 heteroatoms. The molecule has 0 amide bonds. The molecule has 0 spiro atoms. The number of aryl methyl sites for hydroxylation is 2. The topological polar surface area (TPSA) is 55.9 Å². The number of aromatic nitrogens is 2. The molecule has 0 aliphatic heterocycles. The molecular formula is C15H20ClFN4. The summed E-state index contributed by atoms with van der Waals surface area (Å²) in [5, 5.41) is 4.95. The van der Waals surface area contributed by atoms with E-state index in [-0.39, 0.29) is 11.9 Å². The van der Waals surface area contributed by atoms with E-state index in [4.69, 9.17) is 17.4 Å². The third-order valence-corrected chi connectivity index (χ3v) is 4.19. The first-order valence-corrected chi connectivity index (χ1v) is 7.19. The Morgan fingerprint density at radius 3 is 2.67 bits per heavy atom. The van der Waals surface area contributed by atoms with Gasteiger partial charge in [0, 0.05) is 23.8 Å². The molecule has 0 fully saturated rings. The molecule has 21 heavy (non-hydrogen) atoms. The van der Waals surface area contributed by atoms with Crippen molar-refractivity contribution in [1.82, 2.24) is 15.2 Å². The Balaban J connectivity index is 2.19. The summed E-state index contributed by atoms with van der Waals surface area (Å²) in [6.45, 7) is 4.00. The number of hydrogen-bond donors (Lipinski definition) is 2. The molecule has 0 aliphatic rings. The van der Waals surface area contributed by atoms with Crippen LogP contribution in [0, 0.1) is 19.7 Å². The molecule has 0 bridgehead atoms. The first-order chi connectivity index (χ1) is 9.92. The molecule has 1 unspecified atom stereocenters. The number of benzene rings is 1. The Morgan fingerprint density at radius 1 is 1.38 bits per heavy atom. The van der Waals surface area contributed by atoms with Gasteiger partial charge in [0.05, 0.1) is 5.69 Å². The zero-order chi connectivity index (χ0) is 15.6. The van der Waals surface area contributed by atoms with Crippen molar-refractivity contribution < 1.29 is 4.39 Å². The molecule has 4 nitrogen and oxygen atoms in total. The summed E-state index contributed by atoms with van der Waals surface area (Å²) in [4.78, 5) is 0. The van der Waals surface area contributed by atoms with Crippen molar-refractivity contribution in [2.45, 2.75) is 32.7 Å². The predicted octanol–water partition coefficient (Wildman–Crippen LogP) is 2.45. The number of hydrazine groups is 1. The molecule has 2 aromatic rings. The van der Waals surface area contributed by atoms with Crippen LogP contribution >= 0.6 is 11.6 Å². The van der Waals surface area contributed by atoms with Gasteiger partial charge in [-0.15, -0.1) is 0 Å². The summed E-state index contributed by atoms with van der Waals surface area (Å²) in [6, 6.07) is 4.34. The minimum Gasteiger partial charge on any atom is -0.272 e. The Bertz CT molecular complexity index is 639. The molecule has 3 N–H and O–H groups in total. The third kappa shape index (κ3) is 3.61. The molecule has 1 heterocycles. The van der Waals surface area contributed by atoms with Gasteiger partial charge in [-0.1, -0.05) is 11.6 Å². The number of nitrogens with two attached hydrogens (primary N) is 1. The number of nitrogens with zero attached hydrogens (tertiary/aromatic N) is 2. The summed E-state index contributed by atoms with van der Waals surface area (Å²) in [7, 11) is 1.92. The van der Waals surface area contributed by atoms with Gasteiger partial charge in [0.1, 0.15) is 5.82 Å². The van der Waals surface area contributed by atoms with Crippen molar-refractivity contribution in [3.8, 4) is 0 Å². The lowest BCUT2D eigenvalue weighted by Crippen LogP contribution is -2.38. The first kappa shape index (κ1) is 15.9. The maximum Gasteiger partial charge on any atom is 0.123 e. The average molecular weight is 311 g/mol. The van der Waals surface area contributed by atoms with Crippen LogP contribution in [0.15, 0.2) is 18.2 Å². The largest absolute Gasteiger partial charge is 0.272 e. The van der Waals surface area contributed by atoms with Gasteiger partial charge in [-0.25, -0.2) is 4.39 Å². The zero-order valence-corrected chi connectivity index (χ0v) is 13.2. The summed E-state index contributed by atoms with van der Waals surface area (Å²) >= 11 is 6.12. The second kappa shape index (κ2) is 6.56. The lowest BCUT2D eigenvalue weighted by atomic mass is 9.98. The minimum atomic E-state index is -0.293. The Labute approximate surface area is 129 Å². The minimum absolute atomic E-state index is 0.0362. The van der Waals surface area contributed by atoms with Crippen LogP contribution < -0.4 is 11.3 Å². The van der Waals surface area contributed by atoms with Crippen LogP contribution in [0.25, 0.3) is 0 Å². The predicted molar refractivity (Wildman–Crippen MR) is 82.6 cm³/mol. The van der Waals surface area contributed by atoms with Crippen LogP contribution in [0.5, 0.6) is 0 Å². The van der Waals surface area contributed by atoms with E-state index in [9.17, 15) is 4.39 Å². The molecule has 1 aromatic heterocycles. The van der Waals surface area contributed by atoms with E-state index in [0.717, 1.165) is 28.9 Å². The van der Waals surface area contributed by atoms with Gasteiger partial charge in [-0.3, -0.25) is 16.0 Å². The highest BCUT2D eigenvalue weighted by molar-refractivity contribution is 6.31. The molecule has 0 saturated carbocycles. The van der Waals surface area contributed by atoms with E-state index in [2.05, 4.69) is 10.5 Å². The molecule has 2 rings (SSSR count). The summed E-state index contributed by atoms with van der Waals surface area (Å²) in [5.74, 6) is 5.36. The molecule has 114 valence electrons. The van der Waals surface area contributed by atoms with Crippen molar-refractivity contribution in [3.63, 3.8) is 0 Å². The second-order valence-electron chi connectivity index (χ2n) is 5.28. The maximum absolute atomic E-state index is 13.3. The van der Waals surface area contributed by atoms with Gasteiger partial charge in [0.2, 0.25) is 0 Å². The number of nitrogens with one attached hydrogen (secondary N) is 1. The van der Waals surface area contributed by atoms with Gasteiger partial charge in [0.25, 0.3) is 0 Å². The van der Waals surface area contributed by atoms with E-state index >= 15 is 0 Å². The number of hydrogen-bond acceptors (Lipinski definition) is 3. The highest BCUT2D eigenvalue weighted by Crippen LogP contribution is 2.21. The Kier molecular flexibility index (Phi) is 4.98. The monoisotopic (exact) mass is 310 g/mol. The van der Waals surface area contributed by atoms with Gasteiger partial charge in [-0.05, 0) is 56.0 Å². The van der Waals surface area contributed by atoms with E-state index in [0.29, 0.717) is 11.4 Å². The number of halogens is 2. The molecule has 0 aliphatic carbocycles. The van der Waals surface area contributed by atoms with Gasteiger partial charge in [-0.2, -0.15) is 5.10 Å². The number of rotatable bonds is 5. The highest BCUT2D eigenvalue weighted by atomic mass is 35.5. The lowest BCUT2D eigenvalue weighted by molar-refractivity contribution is 0.518. The second-order valence-corrected chi connectivity index (χ2v) is 5.69. The fourth-order valence-electron chi connectivity index (χ4n) is 2.51. The van der Waals surface area contributed by atoms with Crippen molar-refractivity contribution >= 4 is 11.6 Å². The van der Waals surface area contributed by atoms with Crippen LogP contribution in [0.2, 0.25) is 5.02 Å². The quantitative estimate of drug-likeness (QED) is 0.659. The average Bonchev–Trinajstić information content (AvgIpc) is 2.68. The molecule has 0 radical (unpaired) electrons. The Hall–Kier alpha value is -1.43. The Morgan fingerprint density at radius 2 is 2.10 bits per heavy atom. The summed E-state index contributed by atoms with van der Waals surface area (Å²) in [6.07, 6.45) is 1.27. The SMILES string of the molecule is Cc1nn(C)c(C)c1CC(Cc1cc(F)ccc1Cl)NN. The maximum atomic E-state index is 13.3. The first-order valence-electron chi connectivity index (χ1n) is 6.81. The molecule has 1 aromatic carbocycles. The molecule has 1 atom stereocenters. The zero-order valence-electron chi connectivity index (χ0n) is 12.5. The fourth-order valence-corrected chi connectivity index (χ4v) is 2.71. The van der Waals surface area contributed by atoms with Crippen LogP contribution in [0.4, 0.5) is 4.39 Å². The van der Waals surface area contributed by atoms with Crippen LogP contribution in [-0.4, -0.2) is 15.8 Å². The smallest absolute Gasteiger partial charge is 0.123 e. The third-order valence-electron chi connectivity index (χ3n) is 3.82. The van der Waals surface area contributed by atoms with Gasteiger partial charge < -0.3 is 0 Å². The highest BCUT2D eigenvalue weighted by Gasteiger charge is 2.17. The molecule has 0 saturated heterocycles. The normalized spacial score (nSPS) is 12.7. The van der Waals surface area contributed by atoms with E-state index < -0.39 is 0 Å². The van der Waals surface area contributed by atoms with Crippen molar-refractivity contribution in [2.24, 2.45) is 12.9 Å². The van der Waals surface area contributed by atoms with E-state index in [1.165, 1.54) is 12.1 Å². The lowest BCUT2D eigenvalue weighted by Gasteiger charge is -2.17. The summed E-state index contributed by atoms with van der Waals surface area (Å²) in [5.41, 5.74) is 6.80. The standard InChI is InChI=1S/C15H20ClFN4/c1-9-14(10(2)21(3)20-9)8-13(19-18)7-11-6-12(17)4-5-15(11)16/h4-6,13,19H,7-8,18H2,1-3H3. The van der Waals surface area contributed by atoms with E-state index in [1.54, 1.807) is 6.07 Å². The van der Waals surface area contributed by atoms with E-state index in [1.807, 2.05) is 25.6 Å². The molecular weight excluding hydrogens is 291 g/mol. The summed E-state index contributed by atoms with van der Waals surface area (Å²) < 4.78 is 15.2. The van der Waals surface area contributed by atoms with Gasteiger partial charge in [0.15, 0.2) is 0 Å². The van der Waals surface area contributed by atoms with Gasteiger partial charge >= 0.3 is 0 Å². The van der Waals surface area contributed by atoms with Crippen molar-refractivity contribution in [3.05, 3.63) is 51.6 Å². The fraction of sp³-hybridized carbons (Fsp3) is 0.400.